The van der Waals surface area contributed by atoms with Gasteiger partial charge in [0.2, 0.25) is 0 Å². The van der Waals surface area contributed by atoms with Crippen molar-refractivity contribution in [3.63, 3.8) is 0 Å². The quantitative estimate of drug-likeness (QED) is 0.746. The molecule has 2 heteroatoms. The van der Waals surface area contributed by atoms with Crippen LogP contribution in [0, 0.1) is 0 Å². The van der Waals surface area contributed by atoms with Gasteiger partial charge in [-0.2, -0.15) is 0 Å². The van der Waals surface area contributed by atoms with Crippen molar-refractivity contribution in [3.8, 4) is 11.5 Å². The van der Waals surface area contributed by atoms with E-state index in [9.17, 15) is 5.11 Å². The lowest BCUT2D eigenvalue weighted by molar-refractivity contribution is 0.400. The van der Waals surface area contributed by atoms with Crippen LogP contribution in [0.25, 0.3) is 6.08 Å². The molecule has 2 aromatic rings. The Kier molecular flexibility index (Phi) is 6.04. The van der Waals surface area contributed by atoms with Gasteiger partial charge >= 0.3 is 0 Å². The number of aromatic hydroxyl groups is 1. The molecule has 0 saturated carbocycles. The Morgan fingerprint density at radius 3 is 2.48 bits per heavy atom. The van der Waals surface area contributed by atoms with Crippen molar-refractivity contribution in [3.05, 3.63) is 76.9 Å². The Morgan fingerprint density at radius 2 is 1.83 bits per heavy atom. The molecule has 0 amide bonds. The van der Waals surface area contributed by atoms with Crippen LogP contribution >= 0.6 is 0 Å². The Morgan fingerprint density at radius 1 is 1.09 bits per heavy atom. The molecule has 1 N–H and O–H groups in total. The van der Waals surface area contributed by atoms with Crippen molar-refractivity contribution in [1.82, 2.24) is 0 Å². The minimum Gasteiger partial charge on any atom is -0.508 e. The molecule has 2 aromatic carbocycles. The number of benzene rings is 2. The number of ether oxygens (including phenoxy) is 1. The lowest BCUT2D eigenvalue weighted by Gasteiger charge is -2.11. The van der Waals surface area contributed by atoms with Gasteiger partial charge in [0.15, 0.2) is 0 Å². The largest absolute Gasteiger partial charge is 0.508 e. The highest BCUT2D eigenvalue weighted by Gasteiger charge is 2.09. The third-order valence-corrected chi connectivity index (χ3v) is 3.64. The fraction of sp³-hybridized carbons (Fsp3) is 0.238. The topological polar surface area (TPSA) is 29.5 Å². The van der Waals surface area contributed by atoms with E-state index in [0.717, 1.165) is 23.3 Å². The predicted octanol–water partition coefficient (Wildman–Crippen LogP) is 5.17. The first kappa shape index (κ1) is 16.9. The Hall–Kier alpha value is -2.48. The van der Waals surface area contributed by atoms with Gasteiger partial charge in [-0.15, -0.1) is 0 Å². The summed E-state index contributed by atoms with van der Waals surface area (Å²) in [4.78, 5) is 0. The van der Waals surface area contributed by atoms with Gasteiger partial charge in [-0.25, -0.2) is 0 Å². The summed E-state index contributed by atoms with van der Waals surface area (Å²) >= 11 is 0. The molecule has 0 spiro atoms. The van der Waals surface area contributed by atoms with Gasteiger partial charge in [0.25, 0.3) is 0 Å². The first-order valence-electron chi connectivity index (χ1n) is 7.84. The smallest absolute Gasteiger partial charge is 0.126 e. The van der Waals surface area contributed by atoms with E-state index in [-0.39, 0.29) is 0 Å². The van der Waals surface area contributed by atoms with Crippen molar-refractivity contribution in [2.24, 2.45) is 0 Å². The van der Waals surface area contributed by atoms with Gasteiger partial charge in [0.1, 0.15) is 11.5 Å². The average molecular weight is 308 g/mol. The van der Waals surface area contributed by atoms with Crippen LogP contribution in [0.2, 0.25) is 0 Å². The Labute approximate surface area is 138 Å². The highest BCUT2D eigenvalue weighted by molar-refractivity contribution is 5.52. The molecule has 0 radical (unpaired) electrons. The zero-order chi connectivity index (χ0) is 16.7. The molecular weight excluding hydrogens is 284 g/mol. The molecule has 0 aliphatic rings. The van der Waals surface area contributed by atoms with Crippen molar-refractivity contribution < 1.29 is 9.84 Å². The van der Waals surface area contributed by atoms with E-state index < -0.39 is 0 Å². The zero-order valence-electron chi connectivity index (χ0n) is 14.0. The van der Waals surface area contributed by atoms with Crippen LogP contribution in [-0.4, -0.2) is 12.2 Å². The molecule has 23 heavy (non-hydrogen) atoms. The molecule has 0 unspecified atom stereocenters. The number of hydrogen-bond donors (Lipinski definition) is 1. The van der Waals surface area contributed by atoms with Crippen LogP contribution in [0.1, 0.15) is 30.5 Å². The van der Waals surface area contributed by atoms with Crippen LogP contribution in [0.5, 0.6) is 11.5 Å². The Bertz CT molecular complexity index is 693. The highest BCUT2D eigenvalue weighted by atomic mass is 16.5. The van der Waals surface area contributed by atoms with E-state index in [1.54, 1.807) is 7.11 Å². The third-order valence-electron chi connectivity index (χ3n) is 3.64. The van der Waals surface area contributed by atoms with Gasteiger partial charge in [-0.05, 0) is 49.9 Å². The monoisotopic (exact) mass is 308 g/mol. The summed E-state index contributed by atoms with van der Waals surface area (Å²) in [6.07, 6.45) is 7.70. The molecule has 0 atom stereocenters. The molecular formula is C21H24O2. The van der Waals surface area contributed by atoms with Crippen molar-refractivity contribution >= 4 is 6.08 Å². The van der Waals surface area contributed by atoms with E-state index >= 15 is 0 Å². The maximum atomic E-state index is 10.3. The summed E-state index contributed by atoms with van der Waals surface area (Å²) in [5.74, 6) is 1.04. The minimum absolute atomic E-state index is 0.296. The van der Waals surface area contributed by atoms with Gasteiger partial charge in [0.05, 0.1) is 7.11 Å². The van der Waals surface area contributed by atoms with E-state index in [1.807, 2.05) is 44.2 Å². The van der Waals surface area contributed by atoms with Crippen LogP contribution in [0.3, 0.4) is 0 Å². The molecule has 0 fully saturated rings. The van der Waals surface area contributed by atoms with E-state index in [0.29, 0.717) is 12.2 Å². The minimum atomic E-state index is 0.296. The number of phenols is 1. The summed E-state index contributed by atoms with van der Waals surface area (Å²) in [6, 6.07) is 14.0. The first-order chi connectivity index (χ1) is 11.1. The predicted molar refractivity (Wildman–Crippen MR) is 97.0 cm³/mol. The molecule has 0 aliphatic carbocycles. The molecule has 0 saturated heterocycles. The summed E-state index contributed by atoms with van der Waals surface area (Å²) in [5, 5.41) is 10.3. The molecule has 2 nitrogen and oxygen atoms in total. The van der Waals surface area contributed by atoms with Crippen LogP contribution in [0.4, 0.5) is 0 Å². The van der Waals surface area contributed by atoms with Gasteiger partial charge in [-0.1, -0.05) is 54.1 Å². The van der Waals surface area contributed by atoms with E-state index in [2.05, 4.69) is 30.4 Å². The maximum absolute atomic E-state index is 10.3. The fourth-order valence-electron chi connectivity index (χ4n) is 2.39. The summed E-state index contributed by atoms with van der Waals surface area (Å²) in [5.41, 5.74) is 4.27. The molecule has 0 bridgehead atoms. The first-order valence-corrected chi connectivity index (χ1v) is 7.84. The molecule has 0 aliphatic heterocycles. The number of allylic oxidation sites excluding steroid dienone is 3. The summed E-state index contributed by atoms with van der Waals surface area (Å²) in [7, 11) is 1.64. The normalized spacial score (nSPS) is 10.7. The third kappa shape index (κ3) is 5.03. The Balaban J connectivity index is 2.16. The molecule has 0 heterocycles. The van der Waals surface area contributed by atoms with Gasteiger partial charge in [-0.3, -0.25) is 0 Å². The highest BCUT2D eigenvalue weighted by Crippen LogP contribution is 2.31. The van der Waals surface area contributed by atoms with Gasteiger partial charge < -0.3 is 9.84 Å². The van der Waals surface area contributed by atoms with Gasteiger partial charge in [0, 0.05) is 5.56 Å². The molecule has 0 aromatic heterocycles. The molecule has 120 valence electrons. The standard InChI is InChI=1S/C21H24O2/c1-16(2)12-13-19-20(22)14-18(15-21(19)23-3)11-7-10-17-8-5-4-6-9-17/h4-10,12,14-15,22H,11,13H2,1-3H3. The van der Waals surface area contributed by atoms with E-state index in [1.165, 1.54) is 11.1 Å². The summed E-state index contributed by atoms with van der Waals surface area (Å²) < 4.78 is 5.45. The van der Waals surface area contributed by atoms with Crippen molar-refractivity contribution in [2.45, 2.75) is 26.7 Å². The van der Waals surface area contributed by atoms with Crippen LogP contribution in [0.15, 0.2) is 60.2 Å². The fourth-order valence-corrected chi connectivity index (χ4v) is 2.39. The van der Waals surface area contributed by atoms with Crippen LogP contribution < -0.4 is 4.74 Å². The lowest BCUT2D eigenvalue weighted by Crippen LogP contribution is -1.94. The zero-order valence-corrected chi connectivity index (χ0v) is 14.0. The number of rotatable bonds is 6. The van der Waals surface area contributed by atoms with E-state index in [4.69, 9.17) is 4.74 Å². The van der Waals surface area contributed by atoms with Crippen molar-refractivity contribution in [2.75, 3.05) is 7.11 Å². The molecule has 2 rings (SSSR count). The summed E-state index contributed by atoms with van der Waals surface area (Å²) in [6.45, 7) is 4.10. The second-order valence-corrected chi connectivity index (χ2v) is 5.80. The number of phenolic OH excluding ortho intramolecular Hbond substituents is 1. The SMILES string of the molecule is COc1cc(CC=Cc2ccccc2)cc(O)c1CC=C(C)C. The lowest BCUT2D eigenvalue weighted by atomic mass is 10.0. The maximum Gasteiger partial charge on any atom is 0.126 e. The number of methoxy groups -OCH3 is 1. The number of hydrogen-bond acceptors (Lipinski definition) is 2. The van der Waals surface area contributed by atoms with Crippen molar-refractivity contribution in [1.29, 1.82) is 0 Å². The second-order valence-electron chi connectivity index (χ2n) is 5.80. The average Bonchev–Trinajstić information content (AvgIpc) is 2.54. The van der Waals surface area contributed by atoms with Crippen LogP contribution in [-0.2, 0) is 12.8 Å². The second kappa shape index (κ2) is 8.23.